The standard InChI is InChI=1S/C11H11NO5/c13-8(10(14)15)4-2-6-1-3-7-9(5-6)17-11(16)12-7/h1,3,5,8,13H,2,4H2,(H,12,16)(H,14,15). The highest BCUT2D eigenvalue weighted by atomic mass is 16.4. The predicted molar refractivity (Wildman–Crippen MR) is 58.8 cm³/mol. The number of hydrogen-bond donors (Lipinski definition) is 3. The predicted octanol–water partition coefficient (Wildman–Crippen LogP) is 0.499. The third-order valence-electron chi connectivity index (χ3n) is 2.48. The van der Waals surface area contributed by atoms with Gasteiger partial charge in [0.05, 0.1) is 5.52 Å². The zero-order chi connectivity index (χ0) is 12.4. The highest BCUT2D eigenvalue weighted by Crippen LogP contribution is 2.14. The van der Waals surface area contributed by atoms with E-state index in [1.807, 2.05) is 0 Å². The fraction of sp³-hybridized carbons (Fsp3) is 0.273. The van der Waals surface area contributed by atoms with Crippen molar-refractivity contribution in [1.29, 1.82) is 0 Å². The maximum Gasteiger partial charge on any atom is 0.417 e. The van der Waals surface area contributed by atoms with Crippen molar-refractivity contribution in [1.82, 2.24) is 4.98 Å². The van der Waals surface area contributed by atoms with Crippen molar-refractivity contribution in [3.63, 3.8) is 0 Å². The van der Waals surface area contributed by atoms with Crippen LogP contribution in [0.2, 0.25) is 0 Å². The second kappa shape index (κ2) is 4.42. The number of aromatic amines is 1. The van der Waals surface area contributed by atoms with Crippen LogP contribution in [0, 0.1) is 0 Å². The molecule has 0 spiro atoms. The van der Waals surface area contributed by atoms with Crippen molar-refractivity contribution in [2.75, 3.05) is 0 Å². The maximum absolute atomic E-state index is 10.9. The first-order valence-electron chi connectivity index (χ1n) is 5.09. The van der Waals surface area contributed by atoms with Crippen molar-refractivity contribution in [3.8, 4) is 0 Å². The Labute approximate surface area is 95.5 Å². The monoisotopic (exact) mass is 237 g/mol. The second-order valence-electron chi connectivity index (χ2n) is 3.74. The molecular formula is C11H11NO5. The number of aliphatic carboxylic acids is 1. The van der Waals surface area contributed by atoms with E-state index in [1.54, 1.807) is 18.2 Å². The Balaban J connectivity index is 2.14. The minimum absolute atomic E-state index is 0.121. The van der Waals surface area contributed by atoms with Crippen molar-refractivity contribution in [2.45, 2.75) is 18.9 Å². The summed E-state index contributed by atoms with van der Waals surface area (Å²) in [6, 6.07) is 5.09. The number of hydrogen-bond acceptors (Lipinski definition) is 4. The van der Waals surface area contributed by atoms with Crippen LogP contribution in [0.5, 0.6) is 0 Å². The van der Waals surface area contributed by atoms with Crippen LogP contribution >= 0.6 is 0 Å². The number of aliphatic hydroxyl groups is 1. The molecule has 0 saturated heterocycles. The molecule has 0 bridgehead atoms. The molecule has 1 unspecified atom stereocenters. The van der Waals surface area contributed by atoms with Gasteiger partial charge in [0.25, 0.3) is 0 Å². The van der Waals surface area contributed by atoms with Crippen molar-refractivity contribution in [3.05, 3.63) is 34.3 Å². The van der Waals surface area contributed by atoms with Crippen LogP contribution < -0.4 is 5.76 Å². The van der Waals surface area contributed by atoms with Gasteiger partial charge in [0, 0.05) is 0 Å². The van der Waals surface area contributed by atoms with Gasteiger partial charge in [-0.05, 0) is 30.5 Å². The van der Waals surface area contributed by atoms with E-state index in [0.29, 0.717) is 17.5 Å². The summed E-state index contributed by atoms with van der Waals surface area (Å²) in [6.07, 6.45) is -0.850. The average Bonchev–Trinajstić information content (AvgIpc) is 2.64. The van der Waals surface area contributed by atoms with E-state index in [2.05, 4.69) is 4.98 Å². The highest BCUT2D eigenvalue weighted by Gasteiger charge is 2.13. The molecule has 1 aromatic carbocycles. The van der Waals surface area contributed by atoms with Gasteiger partial charge in [-0.3, -0.25) is 4.98 Å². The smallest absolute Gasteiger partial charge is 0.417 e. The normalized spacial score (nSPS) is 12.8. The molecule has 0 amide bonds. The molecule has 1 atom stereocenters. The lowest BCUT2D eigenvalue weighted by Gasteiger charge is -2.04. The first-order valence-corrected chi connectivity index (χ1v) is 5.09. The fourth-order valence-electron chi connectivity index (χ4n) is 1.57. The quantitative estimate of drug-likeness (QED) is 0.718. The summed E-state index contributed by atoms with van der Waals surface area (Å²) in [5.74, 6) is -1.76. The van der Waals surface area contributed by atoms with E-state index in [0.717, 1.165) is 5.56 Å². The van der Waals surface area contributed by atoms with Gasteiger partial charge in [0.15, 0.2) is 11.7 Å². The van der Waals surface area contributed by atoms with Crippen LogP contribution in [0.15, 0.2) is 27.4 Å². The molecule has 0 saturated carbocycles. The van der Waals surface area contributed by atoms with E-state index in [1.165, 1.54) is 0 Å². The van der Waals surface area contributed by atoms with Gasteiger partial charge in [-0.15, -0.1) is 0 Å². The average molecular weight is 237 g/mol. The van der Waals surface area contributed by atoms with E-state index >= 15 is 0 Å². The molecule has 0 aliphatic carbocycles. The molecule has 17 heavy (non-hydrogen) atoms. The van der Waals surface area contributed by atoms with Crippen LogP contribution in [0.25, 0.3) is 11.1 Å². The first-order chi connectivity index (χ1) is 8.06. The van der Waals surface area contributed by atoms with Crippen molar-refractivity contribution < 1.29 is 19.4 Å². The zero-order valence-electron chi connectivity index (χ0n) is 8.84. The fourth-order valence-corrected chi connectivity index (χ4v) is 1.57. The Kier molecular flexibility index (Phi) is 2.97. The number of nitrogens with one attached hydrogen (secondary N) is 1. The molecule has 6 nitrogen and oxygen atoms in total. The minimum atomic E-state index is -1.37. The summed E-state index contributed by atoms with van der Waals surface area (Å²) in [4.78, 5) is 23.8. The number of aromatic nitrogens is 1. The number of aryl methyl sites for hydroxylation is 1. The number of rotatable bonds is 4. The van der Waals surface area contributed by atoms with Crippen LogP contribution in [-0.2, 0) is 11.2 Å². The summed E-state index contributed by atoms with van der Waals surface area (Å²) < 4.78 is 4.87. The Bertz CT molecular complexity index is 597. The minimum Gasteiger partial charge on any atom is -0.479 e. The van der Waals surface area contributed by atoms with Gasteiger partial charge < -0.3 is 14.6 Å². The molecular weight excluding hydrogens is 226 g/mol. The molecule has 0 radical (unpaired) electrons. The number of aliphatic hydroxyl groups excluding tert-OH is 1. The zero-order valence-corrected chi connectivity index (χ0v) is 8.84. The number of carboxylic acids is 1. The summed E-state index contributed by atoms with van der Waals surface area (Å²) in [7, 11) is 0. The number of carboxylic acid groups (broad SMARTS) is 1. The molecule has 2 aromatic rings. The van der Waals surface area contributed by atoms with E-state index < -0.39 is 17.8 Å². The maximum atomic E-state index is 10.9. The lowest BCUT2D eigenvalue weighted by atomic mass is 10.1. The Morgan fingerprint density at radius 3 is 2.94 bits per heavy atom. The Morgan fingerprint density at radius 1 is 1.47 bits per heavy atom. The summed E-state index contributed by atoms with van der Waals surface area (Å²) in [5, 5.41) is 17.6. The number of H-pyrrole nitrogens is 1. The molecule has 0 fully saturated rings. The lowest BCUT2D eigenvalue weighted by molar-refractivity contribution is -0.146. The number of fused-ring (bicyclic) bond motifs is 1. The largest absolute Gasteiger partial charge is 0.479 e. The van der Waals surface area contributed by atoms with Crippen LogP contribution in [-0.4, -0.2) is 27.3 Å². The van der Waals surface area contributed by atoms with Gasteiger partial charge in [-0.25, -0.2) is 9.59 Å². The Hall–Kier alpha value is -2.08. The van der Waals surface area contributed by atoms with Crippen molar-refractivity contribution >= 4 is 17.1 Å². The Morgan fingerprint density at radius 2 is 2.24 bits per heavy atom. The van der Waals surface area contributed by atoms with Crippen molar-refractivity contribution in [2.24, 2.45) is 0 Å². The van der Waals surface area contributed by atoms with Crippen LogP contribution in [0.4, 0.5) is 0 Å². The van der Waals surface area contributed by atoms with Gasteiger partial charge in [-0.1, -0.05) is 6.07 Å². The van der Waals surface area contributed by atoms with E-state index in [4.69, 9.17) is 14.6 Å². The molecule has 0 aliphatic heterocycles. The van der Waals surface area contributed by atoms with Crippen LogP contribution in [0.3, 0.4) is 0 Å². The highest BCUT2D eigenvalue weighted by molar-refractivity contribution is 5.73. The summed E-state index contributed by atoms with van der Waals surface area (Å²) in [6.45, 7) is 0. The SMILES string of the molecule is O=C(O)C(O)CCc1ccc2[nH]c(=O)oc2c1. The molecule has 1 aromatic heterocycles. The summed E-state index contributed by atoms with van der Waals surface area (Å²) >= 11 is 0. The molecule has 1 heterocycles. The van der Waals surface area contributed by atoms with Gasteiger partial charge in [0.1, 0.15) is 0 Å². The van der Waals surface area contributed by atoms with Gasteiger partial charge in [0.2, 0.25) is 0 Å². The number of benzene rings is 1. The van der Waals surface area contributed by atoms with Crippen LogP contribution in [0.1, 0.15) is 12.0 Å². The van der Waals surface area contributed by atoms with E-state index in [-0.39, 0.29) is 6.42 Å². The molecule has 3 N–H and O–H groups in total. The molecule has 90 valence electrons. The number of oxazole rings is 1. The van der Waals surface area contributed by atoms with E-state index in [9.17, 15) is 9.59 Å². The third kappa shape index (κ3) is 2.54. The molecule has 0 aliphatic rings. The number of carbonyl (C=O) groups is 1. The second-order valence-corrected chi connectivity index (χ2v) is 3.74. The molecule has 2 rings (SSSR count). The van der Waals surface area contributed by atoms with Gasteiger partial charge in [-0.2, -0.15) is 0 Å². The first kappa shape index (κ1) is 11.4. The lowest BCUT2D eigenvalue weighted by Crippen LogP contribution is -2.19. The summed E-state index contributed by atoms with van der Waals surface area (Å²) in [5.41, 5.74) is 1.83. The molecule has 6 heteroatoms. The van der Waals surface area contributed by atoms with Gasteiger partial charge >= 0.3 is 11.7 Å². The third-order valence-corrected chi connectivity index (χ3v) is 2.48. The topological polar surface area (TPSA) is 104 Å².